The molecule has 0 atom stereocenters. The fourth-order valence-electron chi connectivity index (χ4n) is 2.63. The number of halogens is 2. The van der Waals surface area contributed by atoms with Crippen molar-refractivity contribution in [2.24, 2.45) is 5.10 Å². The zero-order valence-corrected chi connectivity index (χ0v) is 18.5. The molecule has 0 aliphatic rings. The minimum absolute atomic E-state index is 0.0234. The second kappa shape index (κ2) is 11.1. The number of benzene rings is 3. The Labute approximate surface area is 195 Å². The van der Waals surface area contributed by atoms with E-state index in [-0.39, 0.29) is 5.70 Å². The van der Waals surface area contributed by atoms with Crippen LogP contribution in [-0.2, 0) is 4.79 Å². The van der Waals surface area contributed by atoms with Gasteiger partial charge in [-0.1, -0.05) is 59.6 Å². The molecule has 0 fully saturated rings. The maximum atomic E-state index is 12.8. The van der Waals surface area contributed by atoms with Crippen LogP contribution in [0, 0.1) is 0 Å². The van der Waals surface area contributed by atoms with Crippen molar-refractivity contribution in [1.82, 2.24) is 10.7 Å². The summed E-state index contributed by atoms with van der Waals surface area (Å²) in [6.45, 7) is 0. The van der Waals surface area contributed by atoms with Gasteiger partial charge in [0.15, 0.2) is 0 Å². The highest BCUT2D eigenvalue weighted by molar-refractivity contribution is 6.42. The Hall–Kier alpha value is -3.61. The zero-order chi connectivity index (χ0) is 22.9. The molecule has 0 aliphatic heterocycles. The van der Waals surface area contributed by atoms with Gasteiger partial charge in [0.2, 0.25) is 0 Å². The summed E-state index contributed by atoms with van der Waals surface area (Å²) < 4.78 is 5.15. The lowest BCUT2D eigenvalue weighted by Crippen LogP contribution is -2.32. The summed E-state index contributed by atoms with van der Waals surface area (Å²) >= 11 is 11.9. The molecule has 0 spiro atoms. The van der Waals surface area contributed by atoms with E-state index in [0.717, 1.165) is 0 Å². The van der Waals surface area contributed by atoms with E-state index in [4.69, 9.17) is 27.9 Å². The number of ether oxygens (including phenoxy) is 1. The maximum absolute atomic E-state index is 12.8. The lowest BCUT2D eigenvalue weighted by Gasteiger charge is -2.09. The van der Waals surface area contributed by atoms with Crippen LogP contribution in [0.15, 0.2) is 83.6 Å². The molecule has 0 saturated carbocycles. The summed E-state index contributed by atoms with van der Waals surface area (Å²) in [5, 5.41) is 7.38. The number of hydrogen-bond donors (Lipinski definition) is 2. The van der Waals surface area contributed by atoms with Crippen LogP contribution < -0.4 is 15.5 Å². The molecule has 0 bridgehead atoms. The molecule has 0 heterocycles. The molecule has 0 saturated heterocycles. The molecule has 3 aromatic rings. The van der Waals surface area contributed by atoms with E-state index in [1.807, 2.05) is 0 Å². The molecule has 0 radical (unpaired) electrons. The van der Waals surface area contributed by atoms with E-state index in [1.165, 1.54) is 6.21 Å². The normalized spacial score (nSPS) is 11.3. The fourth-order valence-corrected chi connectivity index (χ4v) is 2.93. The van der Waals surface area contributed by atoms with Crippen LogP contribution in [0.3, 0.4) is 0 Å². The van der Waals surface area contributed by atoms with Gasteiger partial charge in [0.05, 0.1) is 23.4 Å². The molecular weight excluding hydrogens is 449 g/mol. The molecule has 0 aromatic heterocycles. The smallest absolute Gasteiger partial charge is 0.287 e. The van der Waals surface area contributed by atoms with Gasteiger partial charge in [-0.2, -0.15) is 5.10 Å². The van der Waals surface area contributed by atoms with Crippen LogP contribution in [0.1, 0.15) is 21.5 Å². The SMILES string of the molecule is COc1ccc(/C=C(/NC(=O)c2ccccc2)C(=O)N/N=C\c2ccc(Cl)c(Cl)c2)cc1. The Morgan fingerprint density at radius 1 is 0.906 bits per heavy atom. The first-order valence-electron chi connectivity index (χ1n) is 9.47. The molecule has 8 heteroatoms. The van der Waals surface area contributed by atoms with E-state index in [9.17, 15) is 9.59 Å². The van der Waals surface area contributed by atoms with E-state index >= 15 is 0 Å². The van der Waals surface area contributed by atoms with Gasteiger partial charge in [0.1, 0.15) is 11.4 Å². The first kappa shape index (κ1) is 23.1. The predicted molar refractivity (Wildman–Crippen MR) is 127 cm³/mol. The molecule has 6 nitrogen and oxygen atoms in total. The van der Waals surface area contributed by atoms with Crippen molar-refractivity contribution < 1.29 is 14.3 Å². The minimum Gasteiger partial charge on any atom is -0.497 e. The molecule has 3 aromatic carbocycles. The highest BCUT2D eigenvalue weighted by Gasteiger charge is 2.14. The third-order valence-corrected chi connectivity index (χ3v) is 5.02. The lowest BCUT2D eigenvalue weighted by atomic mass is 10.1. The molecule has 3 rings (SSSR count). The van der Waals surface area contributed by atoms with E-state index in [1.54, 1.807) is 86.0 Å². The van der Waals surface area contributed by atoms with Crippen molar-refractivity contribution in [2.75, 3.05) is 7.11 Å². The summed E-state index contributed by atoms with van der Waals surface area (Å²) in [5.41, 5.74) is 4.19. The first-order valence-corrected chi connectivity index (χ1v) is 10.2. The molecule has 2 amide bonds. The largest absolute Gasteiger partial charge is 0.497 e. The number of hydrazone groups is 1. The lowest BCUT2D eigenvalue weighted by molar-refractivity contribution is -0.117. The second-order valence-corrected chi connectivity index (χ2v) is 7.34. The average Bonchev–Trinajstić information content (AvgIpc) is 2.82. The first-order chi connectivity index (χ1) is 15.5. The summed E-state index contributed by atoms with van der Waals surface area (Å²) in [5.74, 6) is -0.344. The van der Waals surface area contributed by atoms with Crippen molar-refractivity contribution >= 4 is 47.3 Å². The Kier molecular flexibility index (Phi) is 8.02. The molecular formula is C24H19Cl2N3O3. The Morgan fingerprint density at radius 3 is 2.25 bits per heavy atom. The van der Waals surface area contributed by atoms with Gasteiger partial charge in [0, 0.05) is 5.56 Å². The minimum atomic E-state index is -0.596. The van der Waals surface area contributed by atoms with Crippen molar-refractivity contribution in [3.8, 4) is 5.75 Å². The summed E-state index contributed by atoms with van der Waals surface area (Å²) in [6.07, 6.45) is 2.97. The van der Waals surface area contributed by atoms with Crippen LogP contribution in [0.25, 0.3) is 6.08 Å². The fraction of sp³-hybridized carbons (Fsp3) is 0.0417. The molecule has 32 heavy (non-hydrogen) atoms. The number of amides is 2. The quantitative estimate of drug-likeness (QED) is 0.294. The maximum Gasteiger partial charge on any atom is 0.287 e. The van der Waals surface area contributed by atoms with Gasteiger partial charge in [-0.25, -0.2) is 5.43 Å². The molecule has 162 valence electrons. The summed E-state index contributed by atoms with van der Waals surface area (Å²) in [4.78, 5) is 25.4. The van der Waals surface area contributed by atoms with Crippen LogP contribution in [0.4, 0.5) is 0 Å². The number of rotatable bonds is 7. The monoisotopic (exact) mass is 467 g/mol. The Morgan fingerprint density at radius 2 is 1.59 bits per heavy atom. The van der Waals surface area contributed by atoms with E-state index in [0.29, 0.717) is 32.5 Å². The molecule has 0 unspecified atom stereocenters. The number of nitrogens with zero attached hydrogens (tertiary/aromatic N) is 1. The summed E-state index contributed by atoms with van der Waals surface area (Å²) in [6, 6.07) is 20.6. The van der Waals surface area contributed by atoms with Gasteiger partial charge >= 0.3 is 0 Å². The Bertz CT molecular complexity index is 1160. The highest BCUT2D eigenvalue weighted by atomic mass is 35.5. The second-order valence-electron chi connectivity index (χ2n) is 6.52. The third-order valence-electron chi connectivity index (χ3n) is 4.28. The van der Waals surface area contributed by atoms with Gasteiger partial charge in [-0.3, -0.25) is 9.59 Å². The van der Waals surface area contributed by atoms with E-state index in [2.05, 4.69) is 15.8 Å². The standard InChI is InChI=1S/C24H19Cl2N3O3/c1-32-19-10-7-16(8-11-19)14-22(28-23(30)18-5-3-2-4-6-18)24(31)29-27-15-17-9-12-20(25)21(26)13-17/h2-15H,1H3,(H,28,30)(H,29,31)/b22-14+,27-15-. The van der Waals surface area contributed by atoms with Gasteiger partial charge in [0.25, 0.3) is 11.8 Å². The highest BCUT2D eigenvalue weighted by Crippen LogP contribution is 2.21. The molecule has 2 N–H and O–H groups in total. The van der Waals surface area contributed by atoms with Crippen LogP contribution >= 0.6 is 23.2 Å². The number of carbonyl (C=O) groups excluding carboxylic acids is 2. The number of hydrogen-bond acceptors (Lipinski definition) is 4. The Balaban J connectivity index is 1.80. The van der Waals surface area contributed by atoms with E-state index < -0.39 is 11.8 Å². The van der Waals surface area contributed by atoms with Crippen molar-refractivity contribution in [2.45, 2.75) is 0 Å². The van der Waals surface area contributed by atoms with Crippen LogP contribution in [0.2, 0.25) is 10.0 Å². The number of carbonyl (C=O) groups is 2. The number of methoxy groups -OCH3 is 1. The van der Waals surface area contributed by atoms with Crippen LogP contribution in [-0.4, -0.2) is 25.1 Å². The predicted octanol–water partition coefficient (Wildman–Crippen LogP) is 4.92. The average molecular weight is 468 g/mol. The van der Waals surface area contributed by atoms with Crippen LogP contribution in [0.5, 0.6) is 5.75 Å². The zero-order valence-electron chi connectivity index (χ0n) is 17.0. The van der Waals surface area contributed by atoms with Gasteiger partial charge in [-0.15, -0.1) is 0 Å². The van der Waals surface area contributed by atoms with Gasteiger partial charge < -0.3 is 10.1 Å². The van der Waals surface area contributed by atoms with Gasteiger partial charge in [-0.05, 0) is 53.6 Å². The number of nitrogens with one attached hydrogen (secondary N) is 2. The molecule has 0 aliphatic carbocycles. The van der Waals surface area contributed by atoms with Crippen molar-refractivity contribution in [1.29, 1.82) is 0 Å². The third kappa shape index (κ3) is 6.44. The summed E-state index contributed by atoms with van der Waals surface area (Å²) in [7, 11) is 1.57. The van der Waals surface area contributed by atoms with Crippen molar-refractivity contribution in [3.05, 3.63) is 105 Å². The van der Waals surface area contributed by atoms with Crippen molar-refractivity contribution in [3.63, 3.8) is 0 Å². The topological polar surface area (TPSA) is 79.8 Å².